The zero-order chi connectivity index (χ0) is 14.0. The Morgan fingerprint density at radius 1 is 1.32 bits per heavy atom. The normalized spacial score (nSPS) is 23.3. The number of carbonyl (C=O) groups is 2. The smallest absolute Gasteiger partial charge is 0.307 e. The zero-order valence-electron chi connectivity index (χ0n) is 10.6. The summed E-state index contributed by atoms with van der Waals surface area (Å²) in [6, 6.07) is 7.07. The fraction of sp³-hybridized carbons (Fsp3) is 0.429. The first-order chi connectivity index (χ1) is 9.00. The second-order valence-corrected chi connectivity index (χ2v) is 5.29. The molecule has 1 amide bonds. The molecule has 1 aromatic carbocycles. The number of halogens is 1. The Bertz CT molecular complexity index is 503. The molecular formula is C14H16ClNO3. The van der Waals surface area contributed by atoms with E-state index < -0.39 is 17.8 Å². The third-order valence-corrected chi connectivity index (χ3v) is 4.00. The molecule has 0 spiro atoms. The number of nitrogens with one attached hydrogen (secondary N) is 1. The Balaban J connectivity index is 2.00. The Labute approximate surface area is 116 Å². The molecule has 19 heavy (non-hydrogen) atoms. The number of carboxylic acids is 1. The van der Waals surface area contributed by atoms with E-state index in [1.807, 2.05) is 25.1 Å². The van der Waals surface area contributed by atoms with E-state index in [1.165, 1.54) is 0 Å². The second kappa shape index (κ2) is 5.61. The predicted molar refractivity (Wildman–Crippen MR) is 71.9 cm³/mol. The molecule has 0 heterocycles. The summed E-state index contributed by atoms with van der Waals surface area (Å²) in [4.78, 5) is 22.9. The van der Waals surface area contributed by atoms with Crippen LogP contribution in [0.5, 0.6) is 0 Å². The van der Waals surface area contributed by atoms with Crippen LogP contribution < -0.4 is 5.32 Å². The van der Waals surface area contributed by atoms with Gasteiger partial charge in [-0.2, -0.15) is 0 Å². The van der Waals surface area contributed by atoms with Crippen LogP contribution in [0.2, 0.25) is 5.02 Å². The van der Waals surface area contributed by atoms with E-state index in [0.29, 0.717) is 17.9 Å². The molecule has 1 fully saturated rings. The maximum atomic E-state index is 12.0. The average molecular weight is 282 g/mol. The number of benzene rings is 1. The molecule has 1 aliphatic rings. The van der Waals surface area contributed by atoms with Crippen LogP contribution in [-0.2, 0) is 9.59 Å². The summed E-state index contributed by atoms with van der Waals surface area (Å²) in [5, 5.41) is 12.4. The minimum absolute atomic E-state index is 0.203. The van der Waals surface area contributed by atoms with Crippen molar-refractivity contribution in [1.82, 2.24) is 5.32 Å². The van der Waals surface area contributed by atoms with E-state index >= 15 is 0 Å². The molecule has 0 aromatic heterocycles. The van der Waals surface area contributed by atoms with Crippen LogP contribution in [0.15, 0.2) is 24.3 Å². The van der Waals surface area contributed by atoms with E-state index in [9.17, 15) is 9.59 Å². The van der Waals surface area contributed by atoms with E-state index in [0.717, 1.165) is 5.56 Å². The van der Waals surface area contributed by atoms with Crippen molar-refractivity contribution in [3.05, 3.63) is 34.9 Å². The number of rotatable bonds is 4. The molecule has 3 atom stereocenters. The van der Waals surface area contributed by atoms with E-state index in [2.05, 4.69) is 5.32 Å². The molecule has 2 N–H and O–H groups in total. The van der Waals surface area contributed by atoms with E-state index in [-0.39, 0.29) is 11.9 Å². The molecule has 1 aromatic rings. The quantitative estimate of drug-likeness (QED) is 0.891. The van der Waals surface area contributed by atoms with Crippen LogP contribution in [0.25, 0.3) is 0 Å². The van der Waals surface area contributed by atoms with Gasteiger partial charge in [0.25, 0.3) is 0 Å². The largest absolute Gasteiger partial charge is 0.481 e. The average Bonchev–Trinajstić information content (AvgIpc) is 2.26. The van der Waals surface area contributed by atoms with Gasteiger partial charge in [0, 0.05) is 5.02 Å². The number of carbonyl (C=O) groups excluding carboxylic acids is 1. The summed E-state index contributed by atoms with van der Waals surface area (Å²) in [5.74, 6) is -2.05. The van der Waals surface area contributed by atoms with Gasteiger partial charge in [-0.3, -0.25) is 9.59 Å². The van der Waals surface area contributed by atoms with E-state index in [1.54, 1.807) is 6.07 Å². The molecule has 5 heteroatoms. The van der Waals surface area contributed by atoms with Crippen LogP contribution >= 0.6 is 11.6 Å². The van der Waals surface area contributed by atoms with Gasteiger partial charge in [0.15, 0.2) is 0 Å². The zero-order valence-corrected chi connectivity index (χ0v) is 11.4. The molecule has 3 unspecified atom stereocenters. The Hall–Kier alpha value is -1.55. The first-order valence-corrected chi connectivity index (χ1v) is 6.66. The van der Waals surface area contributed by atoms with E-state index in [4.69, 9.17) is 16.7 Å². The monoisotopic (exact) mass is 281 g/mol. The lowest BCUT2D eigenvalue weighted by atomic mass is 9.73. The van der Waals surface area contributed by atoms with Gasteiger partial charge in [0.05, 0.1) is 17.9 Å². The maximum Gasteiger partial charge on any atom is 0.307 e. The van der Waals surface area contributed by atoms with Crippen molar-refractivity contribution in [2.75, 3.05) is 0 Å². The van der Waals surface area contributed by atoms with Crippen molar-refractivity contribution in [3.63, 3.8) is 0 Å². The van der Waals surface area contributed by atoms with Crippen LogP contribution in [0, 0.1) is 11.8 Å². The van der Waals surface area contributed by atoms with Crippen LogP contribution in [-0.4, -0.2) is 17.0 Å². The summed E-state index contributed by atoms with van der Waals surface area (Å²) < 4.78 is 0. The number of amides is 1. The van der Waals surface area contributed by atoms with Gasteiger partial charge >= 0.3 is 5.97 Å². The van der Waals surface area contributed by atoms with Gasteiger partial charge in [-0.15, -0.1) is 0 Å². The van der Waals surface area contributed by atoms with Gasteiger partial charge in [0.1, 0.15) is 0 Å². The molecule has 1 aliphatic carbocycles. The lowest BCUT2D eigenvalue weighted by molar-refractivity contribution is -0.152. The fourth-order valence-corrected chi connectivity index (χ4v) is 2.63. The maximum absolute atomic E-state index is 12.0. The molecular weight excluding hydrogens is 266 g/mol. The van der Waals surface area contributed by atoms with Crippen molar-refractivity contribution in [3.8, 4) is 0 Å². The van der Waals surface area contributed by atoms with Gasteiger partial charge in [-0.1, -0.05) is 29.8 Å². The molecule has 2 rings (SSSR count). The Kier molecular flexibility index (Phi) is 4.10. The number of hydrogen-bond donors (Lipinski definition) is 2. The summed E-state index contributed by atoms with van der Waals surface area (Å²) in [7, 11) is 0. The number of aliphatic carboxylic acids is 1. The van der Waals surface area contributed by atoms with Crippen LogP contribution in [0.4, 0.5) is 0 Å². The first kappa shape index (κ1) is 13.9. The standard InChI is InChI=1S/C14H16ClNO3/c1-8(9-4-2-3-5-12(9)15)16-13(17)10-6-7-11(10)14(18)19/h2-5,8,10-11H,6-7H2,1H3,(H,16,17)(H,18,19). The molecule has 0 aliphatic heterocycles. The number of hydrogen-bond acceptors (Lipinski definition) is 2. The lowest BCUT2D eigenvalue weighted by Gasteiger charge is -2.33. The van der Waals surface area contributed by atoms with Gasteiger partial charge < -0.3 is 10.4 Å². The van der Waals surface area contributed by atoms with Crippen molar-refractivity contribution < 1.29 is 14.7 Å². The second-order valence-electron chi connectivity index (χ2n) is 4.88. The highest BCUT2D eigenvalue weighted by molar-refractivity contribution is 6.31. The highest BCUT2D eigenvalue weighted by atomic mass is 35.5. The van der Waals surface area contributed by atoms with Crippen molar-refractivity contribution in [1.29, 1.82) is 0 Å². The highest BCUT2D eigenvalue weighted by Gasteiger charge is 2.41. The molecule has 0 radical (unpaired) electrons. The third-order valence-electron chi connectivity index (χ3n) is 3.66. The minimum Gasteiger partial charge on any atom is -0.481 e. The molecule has 0 saturated heterocycles. The third kappa shape index (κ3) is 2.89. The summed E-state index contributed by atoms with van der Waals surface area (Å²) in [5.41, 5.74) is 0.837. The van der Waals surface area contributed by atoms with Gasteiger partial charge in [0.2, 0.25) is 5.91 Å². The fourth-order valence-electron chi connectivity index (χ4n) is 2.33. The summed E-state index contributed by atoms with van der Waals surface area (Å²) in [6.07, 6.45) is 1.21. The number of carboxylic acid groups (broad SMARTS) is 1. The van der Waals surface area contributed by atoms with Crippen LogP contribution in [0.3, 0.4) is 0 Å². The van der Waals surface area contributed by atoms with Crippen molar-refractivity contribution in [2.45, 2.75) is 25.8 Å². The summed E-state index contributed by atoms with van der Waals surface area (Å²) >= 11 is 6.06. The molecule has 4 nitrogen and oxygen atoms in total. The minimum atomic E-state index is -0.892. The summed E-state index contributed by atoms with van der Waals surface area (Å²) in [6.45, 7) is 1.84. The van der Waals surface area contributed by atoms with Crippen LogP contribution in [0.1, 0.15) is 31.4 Å². The SMILES string of the molecule is CC(NC(=O)C1CCC1C(=O)O)c1ccccc1Cl. The Morgan fingerprint density at radius 3 is 2.47 bits per heavy atom. The van der Waals surface area contributed by atoms with Crippen molar-refractivity contribution >= 4 is 23.5 Å². The van der Waals surface area contributed by atoms with Gasteiger partial charge in [-0.25, -0.2) is 0 Å². The lowest BCUT2D eigenvalue weighted by Crippen LogP contribution is -2.44. The Morgan fingerprint density at radius 2 is 1.95 bits per heavy atom. The molecule has 1 saturated carbocycles. The molecule has 0 bridgehead atoms. The topological polar surface area (TPSA) is 66.4 Å². The molecule has 102 valence electrons. The van der Waals surface area contributed by atoms with Gasteiger partial charge in [-0.05, 0) is 31.4 Å². The van der Waals surface area contributed by atoms with Crippen molar-refractivity contribution in [2.24, 2.45) is 11.8 Å². The first-order valence-electron chi connectivity index (χ1n) is 6.28. The highest BCUT2D eigenvalue weighted by Crippen LogP contribution is 2.35. The predicted octanol–water partition coefficient (Wildman–Crippen LogP) is 2.63.